The topological polar surface area (TPSA) is 70.2 Å². The van der Waals surface area contributed by atoms with Crippen LogP contribution in [0.2, 0.25) is 0 Å². The van der Waals surface area contributed by atoms with Crippen LogP contribution in [0.4, 0.5) is 0 Å². The van der Waals surface area contributed by atoms with Crippen molar-refractivity contribution >= 4 is 17.6 Å². The van der Waals surface area contributed by atoms with Crippen LogP contribution in [0.15, 0.2) is 24.3 Å². The summed E-state index contributed by atoms with van der Waals surface area (Å²) >= 11 is 0. The van der Waals surface area contributed by atoms with E-state index in [0.717, 1.165) is 31.7 Å². The van der Waals surface area contributed by atoms with Gasteiger partial charge >= 0.3 is 0 Å². The third kappa shape index (κ3) is 6.29. The van der Waals surface area contributed by atoms with E-state index >= 15 is 0 Å². The van der Waals surface area contributed by atoms with E-state index < -0.39 is 0 Å². The number of rotatable bonds is 8. The predicted molar refractivity (Wildman–Crippen MR) is 115 cm³/mol. The van der Waals surface area contributed by atoms with Gasteiger partial charge in [0, 0.05) is 57.7 Å². The first-order valence-corrected chi connectivity index (χ1v) is 11.1. The molecule has 0 bridgehead atoms. The number of nitrogens with zero attached hydrogens (tertiary/aromatic N) is 3. The van der Waals surface area contributed by atoms with Gasteiger partial charge in [0.25, 0.3) is 0 Å². The summed E-state index contributed by atoms with van der Waals surface area (Å²) < 4.78 is 5.39. The van der Waals surface area contributed by atoms with Crippen LogP contribution in [0.1, 0.15) is 49.4 Å². The third-order valence-corrected chi connectivity index (χ3v) is 5.85. The maximum atomic E-state index is 12.5. The zero-order valence-electron chi connectivity index (χ0n) is 18.0. The van der Waals surface area contributed by atoms with E-state index in [1.807, 2.05) is 16.7 Å². The number of ketones is 1. The molecule has 2 amide bonds. The number of ether oxygens (including phenoxy) is 1. The van der Waals surface area contributed by atoms with E-state index in [9.17, 15) is 14.4 Å². The summed E-state index contributed by atoms with van der Waals surface area (Å²) in [7, 11) is 0. The number of carbonyl (C=O) groups is 3. The molecule has 7 heteroatoms. The van der Waals surface area contributed by atoms with Gasteiger partial charge in [-0.2, -0.15) is 0 Å². The van der Waals surface area contributed by atoms with Crippen LogP contribution in [0.5, 0.6) is 5.75 Å². The molecule has 2 saturated heterocycles. The van der Waals surface area contributed by atoms with Crippen LogP contribution in [-0.2, 0) is 9.59 Å². The molecule has 0 saturated carbocycles. The van der Waals surface area contributed by atoms with Gasteiger partial charge in [0.05, 0.1) is 13.2 Å². The molecule has 164 valence electrons. The number of hydrogen-bond acceptors (Lipinski definition) is 5. The summed E-state index contributed by atoms with van der Waals surface area (Å²) in [6, 6.07) is 7.05. The summed E-state index contributed by atoms with van der Waals surface area (Å²) in [5.41, 5.74) is 0.604. The lowest BCUT2D eigenvalue weighted by molar-refractivity contribution is -0.135. The van der Waals surface area contributed by atoms with Gasteiger partial charge in [0.15, 0.2) is 5.78 Å². The average molecular weight is 416 g/mol. The second kappa shape index (κ2) is 11.1. The molecule has 1 aromatic carbocycles. The van der Waals surface area contributed by atoms with Crippen LogP contribution in [0.25, 0.3) is 0 Å². The number of amides is 2. The van der Waals surface area contributed by atoms with E-state index in [1.54, 1.807) is 24.3 Å². The lowest BCUT2D eigenvalue weighted by atomic mass is 10.1. The highest BCUT2D eigenvalue weighted by molar-refractivity contribution is 5.98. The highest BCUT2D eigenvalue weighted by Gasteiger charge is 2.25. The van der Waals surface area contributed by atoms with E-state index in [-0.39, 0.29) is 30.4 Å². The summed E-state index contributed by atoms with van der Waals surface area (Å²) in [5, 5.41) is 0. The largest absolute Gasteiger partial charge is 0.494 e. The number of likely N-dealkylation sites (tertiary alicyclic amines) is 1. The molecular formula is C23H33N3O4. The minimum Gasteiger partial charge on any atom is -0.494 e. The Balaban J connectivity index is 1.37. The molecule has 0 atom stereocenters. The Kier molecular flexibility index (Phi) is 8.25. The summed E-state index contributed by atoms with van der Waals surface area (Å²) in [4.78, 5) is 43.2. The van der Waals surface area contributed by atoms with Crippen molar-refractivity contribution in [2.45, 2.75) is 39.0 Å². The number of piperazine rings is 1. The molecule has 0 aromatic heterocycles. The fourth-order valence-corrected chi connectivity index (χ4v) is 4.02. The number of benzene rings is 1. The standard InChI is InChI=1S/C23H33N3O4/c1-2-30-20-8-6-19(7-9-20)21(27)10-11-22(28)26-16-14-24(15-17-26)18-23(29)25-12-4-3-5-13-25/h6-9H,2-5,10-18H2,1H3. The zero-order valence-corrected chi connectivity index (χ0v) is 18.0. The Morgan fingerprint density at radius 2 is 1.43 bits per heavy atom. The molecule has 2 aliphatic heterocycles. The number of piperidine rings is 1. The van der Waals surface area contributed by atoms with Gasteiger partial charge in [-0.3, -0.25) is 19.3 Å². The van der Waals surface area contributed by atoms with Crippen molar-refractivity contribution in [3.8, 4) is 5.75 Å². The lowest BCUT2D eigenvalue weighted by Gasteiger charge is -2.36. The first-order valence-electron chi connectivity index (χ1n) is 11.1. The van der Waals surface area contributed by atoms with Crippen molar-refractivity contribution in [3.63, 3.8) is 0 Å². The smallest absolute Gasteiger partial charge is 0.236 e. The highest BCUT2D eigenvalue weighted by Crippen LogP contribution is 2.15. The van der Waals surface area contributed by atoms with E-state index in [2.05, 4.69) is 4.90 Å². The Bertz CT molecular complexity index is 720. The fraction of sp³-hybridized carbons (Fsp3) is 0.609. The summed E-state index contributed by atoms with van der Waals surface area (Å²) in [6.07, 6.45) is 3.84. The Morgan fingerprint density at radius 1 is 0.800 bits per heavy atom. The lowest BCUT2D eigenvalue weighted by Crippen LogP contribution is -2.52. The van der Waals surface area contributed by atoms with Crippen LogP contribution in [0.3, 0.4) is 0 Å². The first kappa shape index (κ1) is 22.3. The van der Waals surface area contributed by atoms with Crippen LogP contribution in [-0.4, -0.2) is 84.7 Å². The highest BCUT2D eigenvalue weighted by atomic mass is 16.5. The van der Waals surface area contributed by atoms with E-state index in [0.29, 0.717) is 44.9 Å². The second-order valence-electron chi connectivity index (χ2n) is 7.98. The minimum absolute atomic E-state index is 0.0105. The van der Waals surface area contributed by atoms with Crippen molar-refractivity contribution in [2.24, 2.45) is 0 Å². The molecule has 0 aliphatic carbocycles. The molecular weight excluding hydrogens is 382 g/mol. The maximum Gasteiger partial charge on any atom is 0.236 e. The minimum atomic E-state index is -0.0304. The summed E-state index contributed by atoms with van der Waals surface area (Å²) in [6.45, 7) is 7.33. The Labute approximate surface area is 179 Å². The van der Waals surface area contributed by atoms with Gasteiger partial charge < -0.3 is 14.5 Å². The van der Waals surface area contributed by atoms with Gasteiger partial charge in [0.2, 0.25) is 11.8 Å². The van der Waals surface area contributed by atoms with Crippen molar-refractivity contribution in [3.05, 3.63) is 29.8 Å². The third-order valence-electron chi connectivity index (χ3n) is 5.85. The molecule has 30 heavy (non-hydrogen) atoms. The average Bonchev–Trinajstić information content (AvgIpc) is 2.79. The molecule has 7 nitrogen and oxygen atoms in total. The normalized spacial score (nSPS) is 17.6. The second-order valence-corrected chi connectivity index (χ2v) is 7.98. The van der Waals surface area contributed by atoms with Crippen molar-refractivity contribution < 1.29 is 19.1 Å². The fourth-order valence-electron chi connectivity index (χ4n) is 4.02. The van der Waals surface area contributed by atoms with Crippen molar-refractivity contribution in [1.29, 1.82) is 0 Å². The number of hydrogen-bond donors (Lipinski definition) is 0. The van der Waals surface area contributed by atoms with Gasteiger partial charge in [-0.15, -0.1) is 0 Å². The monoisotopic (exact) mass is 415 g/mol. The Morgan fingerprint density at radius 3 is 2.07 bits per heavy atom. The van der Waals surface area contributed by atoms with Gasteiger partial charge in [0.1, 0.15) is 5.75 Å². The zero-order chi connectivity index (χ0) is 21.3. The van der Waals surface area contributed by atoms with Gasteiger partial charge in [-0.05, 0) is 50.5 Å². The van der Waals surface area contributed by atoms with Crippen LogP contribution in [0, 0.1) is 0 Å². The van der Waals surface area contributed by atoms with E-state index in [4.69, 9.17) is 4.74 Å². The van der Waals surface area contributed by atoms with Gasteiger partial charge in [-0.1, -0.05) is 0 Å². The Hall–Kier alpha value is -2.41. The molecule has 3 rings (SSSR count). The SMILES string of the molecule is CCOc1ccc(C(=O)CCC(=O)N2CCN(CC(=O)N3CCCCC3)CC2)cc1. The summed E-state index contributed by atoms with van der Waals surface area (Å²) in [5.74, 6) is 0.922. The number of carbonyl (C=O) groups excluding carboxylic acids is 3. The molecule has 2 fully saturated rings. The maximum absolute atomic E-state index is 12.5. The molecule has 2 aliphatic rings. The number of Topliss-reactive ketones (excluding diaryl/α,β-unsaturated/α-hetero) is 1. The molecule has 0 unspecified atom stereocenters. The predicted octanol–water partition coefficient (Wildman–Crippen LogP) is 2.20. The molecule has 0 spiro atoms. The van der Waals surface area contributed by atoms with Crippen LogP contribution >= 0.6 is 0 Å². The van der Waals surface area contributed by atoms with Crippen LogP contribution < -0.4 is 4.74 Å². The molecule has 1 aromatic rings. The van der Waals surface area contributed by atoms with Crippen molar-refractivity contribution in [1.82, 2.24) is 14.7 Å². The molecule has 0 N–H and O–H groups in total. The quantitative estimate of drug-likeness (QED) is 0.609. The molecule has 2 heterocycles. The van der Waals surface area contributed by atoms with Gasteiger partial charge in [-0.25, -0.2) is 0 Å². The van der Waals surface area contributed by atoms with Crippen molar-refractivity contribution in [2.75, 3.05) is 52.4 Å². The van der Waals surface area contributed by atoms with E-state index in [1.165, 1.54) is 6.42 Å². The molecule has 0 radical (unpaired) electrons. The first-order chi connectivity index (χ1) is 14.6.